The van der Waals surface area contributed by atoms with Gasteiger partial charge >= 0.3 is 0 Å². The molecule has 1 amide bonds. The van der Waals surface area contributed by atoms with E-state index in [1.165, 1.54) is 0 Å². The number of rotatable bonds is 7. The molecular formula is C21H19Cl2N3O3. The van der Waals surface area contributed by atoms with Crippen molar-refractivity contribution < 1.29 is 13.9 Å². The number of benzene rings is 2. The molecule has 0 saturated heterocycles. The summed E-state index contributed by atoms with van der Waals surface area (Å²) in [6, 6.07) is 14.3. The van der Waals surface area contributed by atoms with E-state index in [-0.39, 0.29) is 18.5 Å². The summed E-state index contributed by atoms with van der Waals surface area (Å²) >= 11 is 11.9. The SMILES string of the molecule is CC(Oc1cccc(Cl)c1)C(=O)N(Cc1nnc(-c2ccc(Cl)cc2)o1)C1CC1. The number of hydrogen-bond donors (Lipinski definition) is 0. The number of nitrogens with zero attached hydrogens (tertiary/aromatic N) is 3. The Morgan fingerprint density at radius 1 is 1.17 bits per heavy atom. The van der Waals surface area contributed by atoms with Gasteiger partial charge in [-0.25, -0.2) is 0 Å². The fourth-order valence-electron chi connectivity index (χ4n) is 2.97. The number of carbonyl (C=O) groups excluding carboxylic acids is 1. The first-order valence-electron chi connectivity index (χ1n) is 9.30. The third-order valence-corrected chi connectivity index (χ3v) is 5.08. The molecule has 1 unspecified atom stereocenters. The van der Waals surface area contributed by atoms with Gasteiger partial charge in [-0.15, -0.1) is 10.2 Å². The van der Waals surface area contributed by atoms with Gasteiger partial charge in [0.15, 0.2) is 6.10 Å². The highest BCUT2D eigenvalue weighted by Crippen LogP contribution is 2.30. The Morgan fingerprint density at radius 2 is 1.93 bits per heavy atom. The lowest BCUT2D eigenvalue weighted by Gasteiger charge is -2.24. The summed E-state index contributed by atoms with van der Waals surface area (Å²) in [6.07, 6.45) is 1.24. The molecule has 1 saturated carbocycles. The molecular weight excluding hydrogens is 413 g/mol. The van der Waals surface area contributed by atoms with Crippen molar-refractivity contribution in [1.82, 2.24) is 15.1 Å². The summed E-state index contributed by atoms with van der Waals surface area (Å²) in [5.41, 5.74) is 0.773. The van der Waals surface area contributed by atoms with Crippen molar-refractivity contribution >= 4 is 29.1 Å². The number of halogens is 2. The van der Waals surface area contributed by atoms with E-state index in [9.17, 15) is 4.79 Å². The van der Waals surface area contributed by atoms with E-state index in [2.05, 4.69) is 10.2 Å². The molecule has 29 heavy (non-hydrogen) atoms. The second-order valence-electron chi connectivity index (χ2n) is 6.92. The van der Waals surface area contributed by atoms with Gasteiger partial charge in [0.25, 0.3) is 5.91 Å². The Balaban J connectivity index is 1.45. The zero-order valence-electron chi connectivity index (χ0n) is 15.7. The maximum absolute atomic E-state index is 13.0. The molecule has 0 N–H and O–H groups in total. The average Bonchev–Trinajstić information content (AvgIpc) is 3.44. The maximum atomic E-state index is 13.0. The van der Waals surface area contributed by atoms with Crippen molar-refractivity contribution in [2.45, 2.75) is 38.5 Å². The molecule has 150 valence electrons. The van der Waals surface area contributed by atoms with Gasteiger partial charge in [-0.05, 0) is 62.2 Å². The minimum Gasteiger partial charge on any atom is -0.481 e. The van der Waals surface area contributed by atoms with Crippen molar-refractivity contribution in [2.75, 3.05) is 0 Å². The third-order valence-electron chi connectivity index (χ3n) is 4.59. The highest BCUT2D eigenvalue weighted by atomic mass is 35.5. The van der Waals surface area contributed by atoms with Gasteiger partial charge in [0.05, 0.1) is 6.54 Å². The molecule has 0 spiro atoms. The van der Waals surface area contributed by atoms with Gasteiger partial charge in [-0.2, -0.15) is 0 Å². The fraction of sp³-hybridized carbons (Fsp3) is 0.286. The smallest absolute Gasteiger partial charge is 0.264 e. The van der Waals surface area contributed by atoms with Gasteiger partial charge in [-0.3, -0.25) is 4.79 Å². The van der Waals surface area contributed by atoms with Gasteiger partial charge in [0, 0.05) is 21.7 Å². The monoisotopic (exact) mass is 431 g/mol. The van der Waals surface area contributed by atoms with Crippen molar-refractivity contribution in [1.29, 1.82) is 0 Å². The van der Waals surface area contributed by atoms with Crippen LogP contribution in [0.15, 0.2) is 52.9 Å². The lowest BCUT2D eigenvalue weighted by molar-refractivity contribution is -0.139. The van der Waals surface area contributed by atoms with Crippen LogP contribution in [-0.4, -0.2) is 33.2 Å². The van der Waals surface area contributed by atoms with E-state index in [1.807, 2.05) is 12.1 Å². The summed E-state index contributed by atoms with van der Waals surface area (Å²) in [7, 11) is 0. The molecule has 1 fully saturated rings. The van der Waals surface area contributed by atoms with Gasteiger partial charge in [0.1, 0.15) is 5.75 Å². The van der Waals surface area contributed by atoms with E-state index >= 15 is 0 Å². The van der Waals surface area contributed by atoms with Crippen LogP contribution in [0.1, 0.15) is 25.7 Å². The normalized spacial score (nSPS) is 14.4. The summed E-state index contributed by atoms with van der Waals surface area (Å²) in [5.74, 6) is 1.20. The molecule has 2 aromatic carbocycles. The molecule has 1 aliphatic carbocycles. The van der Waals surface area contributed by atoms with Crippen molar-refractivity contribution in [3.63, 3.8) is 0 Å². The largest absolute Gasteiger partial charge is 0.481 e. The minimum absolute atomic E-state index is 0.126. The van der Waals surface area contributed by atoms with Crippen LogP contribution in [-0.2, 0) is 11.3 Å². The number of aromatic nitrogens is 2. The summed E-state index contributed by atoms with van der Waals surface area (Å²) < 4.78 is 11.5. The Bertz CT molecular complexity index is 1000. The molecule has 1 atom stereocenters. The van der Waals surface area contributed by atoms with Crippen LogP contribution < -0.4 is 4.74 Å². The number of amides is 1. The molecule has 8 heteroatoms. The van der Waals surface area contributed by atoms with E-state index in [4.69, 9.17) is 32.4 Å². The Kier molecular flexibility index (Phi) is 5.74. The van der Waals surface area contributed by atoms with Gasteiger partial charge in [0.2, 0.25) is 11.8 Å². The molecule has 1 aromatic heterocycles. The van der Waals surface area contributed by atoms with Crippen molar-refractivity contribution in [2.24, 2.45) is 0 Å². The predicted octanol–water partition coefficient (Wildman–Crippen LogP) is 5.00. The van der Waals surface area contributed by atoms with Crippen LogP contribution in [0.4, 0.5) is 0 Å². The second-order valence-corrected chi connectivity index (χ2v) is 7.80. The molecule has 6 nitrogen and oxygen atoms in total. The standard InChI is InChI=1S/C21H19Cl2N3O3/c1-13(28-18-4-2-3-16(23)11-18)21(27)26(17-9-10-17)12-19-24-25-20(29-19)14-5-7-15(22)8-6-14/h2-8,11,13,17H,9-10,12H2,1H3. The molecule has 1 aliphatic rings. The number of hydrogen-bond acceptors (Lipinski definition) is 5. The van der Waals surface area contributed by atoms with Gasteiger partial charge in [-0.1, -0.05) is 29.3 Å². The van der Waals surface area contributed by atoms with E-state index < -0.39 is 6.10 Å². The summed E-state index contributed by atoms with van der Waals surface area (Å²) in [5, 5.41) is 9.38. The van der Waals surface area contributed by atoms with E-state index in [1.54, 1.807) is 48.2 Å². The third kappa shape index (κ3) is 4.89. The first-order chi connectivity index (χ1) is 14.0. The van der Waals surface area contributed by atoms with E-state index in [0.29, 0.717) is 27.6 Å². The topological polar surface area (TPSA) is 68.5 Å². The van der Waals surface area contributed by atoms with Crippen LogP contribution in [0, 0.1) is 0 Å². The highest BCUT2D eigenvalue weighted by Gasteiger charge is 2.36. The second kappa shape index (κ2) is 8.43. The zero-order valence-corrected chi connectivity index (χ0v) is 17.2. The maximum Gasteiger partial charge on any atom is 0.264 e. The van der Waals surface area contributed by atoms with Crippen LogP contribution in [0.3, 0.4) is 0 Å². The van der Waals surface area contributed by atoms with Crippen LogP contribution in [0.25, 0.3) is 11.5 Å². The molecule has 0 aliphatic heterocycles. The van der Waals surface area contributed by atoms with Crippen LogP contribution in [0.2, 0.25) is 10.0 Å². The highest BCUT2D eigenvalue weighted by molar-refractivity contribution is 6.30. The molecule has 3 aromatic rings. The first kappa shape index (κ1) is 19.7. The Morgan fingerprint density at radius 3 is 2.62 bits per heavy atom. The summed E-state index contributed by atoms with van der Waals surface area (Å²) in [4.78, 5) is 14.7. The fourth-order valence-corrected chi connectivity index (χ4v) is 3.28. The van der Waals surface area contributed by atoms with E-state index in [0.717, 1.165) is 18.4 Å². The van der Waals surface area contributed by atoms with Crippen LogP contribution in [0.5, 0.6) is 5.75 Å². The Labute approximate surface area is 178 Å². The molecule has 4 rings (SSSR count). The molecule has 0 bridgehead atoms. The average molecular weight is 432 g/mol. The lowest BCUT2D eigenvalue weighted by Crippen LogP contribution is -2.41. The molecule has 0 radical (unpaired) electrons. The van der Waals surface area contributed by atoms with Gasteiger partial charge < -0.3 is 14.1 Å². The number of ether oxygens (including phenoxy) is 1. The van der Waals surface area contributed by atoms with Crippen molar-refractivity contribution in [3.05, 3.63) is 64.5 Å². The number of carbonyl (C=O) groups is 1. The Hall–Kier alpha value is -2.57. The minimum atomic E-state index is -0.660. The predicted molar refractivity (Wildman–Crippen MR) is 110 cm³/mol. The quantitative estimate of drug-likeness (QED) is 0.526. The molecule has 1 heterocycles. The lowest BCUT2D eigenvalue weighted by atomic mass is 10.2. The zero-order chi connectivity index (χ0) is 20.4. The summed E-state index contributed by atoms with van der Waals surface area (Å²) in [6.45, 7) is 1.97. The first-order valence-corrected chi connectivity index (χ1v) is 10.1. The van der Waals surface area contributed by atoms with Crippen molar-refractivity contribution in [3.8, 4) is 17.2 Å². The van der Waals surface area contributed by atoms with Crippen LogP contribution >= 0.6 is 23.2 Å².